The largest absolute Gasteiger partial charge is 2.00 e. The Kier molecular flexibility index (Phi) is 9.21. The van der Waals surface area contributed by atoms with Crippen LogP contribution in [0.2, 0.25) is 0 Å². The third kappa shape index (κ3) is 12.0. The average molecular weight is 172 g/mol. The first kappa shape index (κ1) is 12.3. The molecule has 0 saturated carbocycles. The van der Waals surface area contributed by atoms with Crippen LogP contribution in [-0.4, -0.2) is 48.8 Å². The molecule has 0 bridgehead atoms. The monoisotopic (exact) mass is 172 g/mol. The molecule has 0 aliphatic rings. The summed E-state index contributed by atoms with van der Waals surface area (Å²) in [5.41, 5.74) is 0. The molecule has 0 heterocycles. The first-order valence-corrected chi connectivity index (χ1v) is 2.43. The van der Waals surface area contributed by atoms with E-state index in [4.69, 9.17) is 0 Å². The van der Waals surface area contributed by atoms with E-state index in [0.717, 1.165) is 0 Å². The zero-order chi connectivity index (χ0) is 6.57. The number of carbonyl (C=O) groups is 2. The van der Waals surface area contributed by atoms with E-state index in [1.54, 1.807) is 0 Å². The van der Waals surface area contributed by atoms with Crippen molar-refractivity contribution < 1.29 is 14.7 Å². The van der Waals surface area contributed by atoms with Crippen LogP contribution in [-0.2, 0) is 22.2 Å². The van der Waals surface area contributed by atoms with E-state index in [1.807, 2.05) is 0 Å². The zero-order valence-electron chi connectivity index (χ0n) is 4.75. The van der Waals surface area contributed by atoms with Gasteiger partial charge in [0.1, 0.15) is 0 Å². The van der Waals surface area contributed by atoms with Gasteiger partial charge in [-0.15, -0.1) is 0 Å². The van der Waals surface area contributed by atoms with Crippen LogP contribution in [0.4, 0.5) is 0 Å². The fraction of sp³-hybridized carbons (Fsp3) is 0.500. The molecule has 0 radical (unpaired) electrons. The third-order valence-corrected chi connectivity index (χ3v) is 0.737. The zero-order valence-corrected chi connectivity index (χ0v) is 7.78. The molecule has 5 heteroatoms. The topological polar surface area (TPSA) is 57.2 Å². The minimum atomic E-state index is -1.23. The predicted molar refractivity (Wildman–Crippen MR) is 32.4 cm³/mol. The Balaban J connectivity index is 0. The molecule has 0 aliphatic heterocycles. The first-order chi connectivity index (χ1) is 3.63. The molecular weight excluding hydrogens is 168 g/mol. The van der Waals surface area contributed by atoms with Crippen LogP contribution in [0, 0.1) is 0 Å². The van der Waals surface area contributed by atoms with E-state index in [-0.39, 0.29) is 50.6 Å². The maximum absolute atomic E-state index is 9.87. The summed E-state index contributed by atoms with van der Waals surface area (Å²) < 4.78 is 0. The van der Waals surface area contributed by atoms with E-state index < -0.39 is 11.1 Å². The van der Waals surface area contributed by atoms with Gasteiger partial charge in [0.15, 0.2) is 0 Å². The van der Waals surface area contributed by atoms with Gasteiger partial charge >= 0.3 is 37.7 Å². The predicted octanol–water partition coefficient (Wildman–Crippen LogP) is -1.79. The number of aliphatic carboxylic acids is 1. The summed E-state index contributed by atoms with van der Waals surface area (Å²) in [6.45, 7) is 0. The number of hydrogen-bond acceptors (Lipinski definition) is 4. The molecule has 0 rings (SSSR count). The molecule has 3 nitrogen and oxygen atoms in total. The van der Waals surface area contributed by atoms with Crippen LogP contribution in [0.3, 0.4) is 0 Å². The van der Waals surface area contributed by atoms with Gasteiger partial charge in [-0.1, -0.05) is 0 Å². The Labute approximate surface area is 88.2 Å². The average Bonchev–Trinajstić information content (AvgIpc) is 1.61. The van der Waals surface area contributed by atoms with Crippen molar-refractivity contribution in [2.24, 2.45) is 0 Å². The van der Waals surface area contributed by atoms with Gasteiger partial charge in [-0.3, -0.25) is 0 Å². The van der Waals surface area contributed by atoms with Crippen LogP contribution in [0.5, 0.6) is 0 Å². The second-order valence-electron chi connectivity index (χ2n) is 1.24. The normalized spacial score (nSPS) is 7.56. The Bertz CT molecular complexity index is 100. The minimum absolute atomic E-state index is 0. The van der Waals surface area contributed by atoms with E-state index in [1.165, 1.54) is 0 Å². The molecule has 0 spiro atoms. The quantitative estimate of drug-likeness (QED) is 0.372. The van der Waals surface area contributed by atoms with Crippen molar-refractivity contribution in [3.63, 3.8) is 0 Å². The van der Waals surface area contributed by atoms with Crippen molar-refractivity contribution in [1.82, 2.24) is 0 Å². The fourth-order valence-corrected chi connectivity index (χ4v) is 0.306. The number of carbonyl (C=O) groups excluding carboxylic acids is 2. The second kappa shape index (κ2) is 6.74. The van der Waals surface area contributed by atoms with Crippen LogP contribution in [0.1, 0.15) is 12.8 Å². The Hall–Kier alpha value is 0.620. The van der Waals surface area contributed by atoms with Gasteiger partial charge in [0, 0.05) is 11.1 Å². The van der Waals surface area contributed by atoms with Gasteiger partial charge in [0.05, 0.1) is 0 Å². The minimum Gasteiger partial charge on any atom is -0.742 e. The molecule has 0 N–H and O–H groups in total. The maximum atomic E-state index is 9.87. The second-order valence-corrected chi connectivity index (χ2v) is 1.70. The summed E-state index contributed by atoms with van der Waals surface area (Å²) in [5, 5.41) is 9.06. The summed E-state index contributed by atoms with van der Waals surface area (Å²) in [6, 6.07) is 0. The standard InChI is InChI=1S/C4H6O3S.Ca/c5-3(6)1-2-4(7)8;/h1-2H2,(H,5,6)(H,7,8);/q;+2/p-2. The molecule has 0 aromatic heterocycles. The number of carboxylic acid groups (broad SMARTS) is 1. The summed E-state index contributed by atoms with van der Waals surface area (Å²) in [5.74, 6) is -1.23. The Morgan fingerprint density at radius 3 is 1.89 bits per heavy atom. The van der Waals surface area contributed by atoms with Gasteiger partial charge in [0.2, 0.25) is 0 Å². The van der Waals surface area contributed by atoms with Gasteiger partial charge in [0.25, 0.3) is 0 Å². The van der Waals surface area contributed by atoms with Gasteiger partial charge in [-0.25, -0.2) is 0 Å². The van der Waals surface area contributed by atoms with Crippen molar-refractivity contribution in [2.75, 3.05) is 0 Å². The molecule has 0 amide bonds. The number of carboxylic acids is 1. The molecule has 0 aromatic carbocycles. The van der Waals surface area contributed by atoms with E-state index >= 15 is 0 Å². The molecule has 0 aliphatic carbocycles. The molecule has 0 fully saturated rings. The number of hydrogen-bond donors (Lipinski definition) is 0. The van der Waals surface area contributed by atoms with Crippen LogP contribution in [0.15, 0.2) is 0 Å². The third-order valence-electron chi connectivity index (χ3n) is 0.533. The molecule has 9 heavy (non-hydrogen) atoms. The van der Waals surface area contributed by atoms with Crippen molar-refractivity contribution in [3.05, 3.63) is 0 Å². The molecule has 46 valence electrons. The van der Waals surface area contributed by atoms with Gasteiger partial charge in [-0.05, 0) is 12.8 Å². The van der Waals surface area contributed by atoms with Crippen LogP contribution >= 0.6 is 0 Å². The maximum Gasteiger partial charge on any atom is 2.00 e. The summed E-state index contributed by atoms with van der Waals surface area (Å²) in [6.07, 6.45) is -0.361. The number of rotatable bonds is 3. The molecule has 0 aromatic rings. The molecule has 0 saturated heterocycles. The smallest absolute Gasteiger partial charge is 0.742 e. The molecular formula is C4H4CaO3S. The van der Waals surface area contributed by atoms with Crippen molar-refractivity contribution in [3.8, 4) is 0 Å². The summed E-state index contributed by atoms with van der Waals surface area (Å²) in [7, 11) is 0. The van der Waals surface area contributed by atoms with E-state index in [2.05, 4.69) is 12.6 Å². The molecule has 0 atom stereocenters. The Morgan fingerprint density at radius 2 is 1.78 bits per heavy atom. The van der Waals surface area contributed by atoms with Gasteiger partial charge in [-0.2, -0.15) is 0 Å². The summed E-state index contributed by atoms with van der Waals surface area (Å²) >= 11 is 4.07. The SMILES string of the molecule is O=C([O-])CCC(=O)[S-].[Ca+2]. The van der Waals surface area contributed by atoms with Gasteiger partial charge < -0.3 is 27.3 Å². The van der Waals surface area contributed by atoms with E-state index in [9.17, 15) is 14.7 Å². The Morgan fingerprint density at radius 1 is 1.33 bits per heavy atom. The van der Waals surface area contributed by atoms with Crippen molar-refractivity contribution >= 4 is 61.5 Å². The van der Waals surface area contributed by atoms with Crippen LogP contribution in [0.25, 0.3) is 0 Å². The summed E-state index contributed by atoms with van der Waals surface area (Å²) in [4.78, 5) is 19.5. The molecule has 0 unspecified atom stereocenters. The van der Waals surface area contributed by atoms with Crippen molar-refractivity contribution in [1.29, 1.82) is 0 Å². The van der Waals surface area contributed by atoms with E-state index in [0.29, 0.717) is 0 Å². The van der Waals surface area contributed by atoms with Crippen molar-refractivity contribution in [2.45, 2.75) is 12.8 Å². The van der Waals surface area contributed by atoms with Crippen LogP contribution < -0.4 is 5.11 Å². The first-order valence-electron chi connectivity index (χ1n) is 2.02. The fourth-order valence-electron chi connectivity index (χ4n) is 0.204.